The van der Waals surface area contributed by atoms with Crippen molar-refractivity contribution in [2.75, 3.05) is 22.1 Å². The molecule has 4 rings (SSSR count). The van der Waals surface area contributed by atoms with Gasteiger partial charge in [0, 0.05) is 36.2 Å². The molecule has 34 heavy (non-hydrogen) atoms. The van der Waals surface area contributed by atoms with Crippen molar-refractivity contribution in [1.82, 2.24) is 5.32 Å². The molecular formula is C28H32N4O2. The van der Waals surface area contributed by atoms with E-state index in [2.05, 4.69) is 52.0 Å². The second kappa shape index (κ2) is 10.4. The lowest BCUT2D eigenvalue weighted by atomic mass is 9.98. The smallest absolute Gasteiger partial charge is 0.323 e. The molecule has 0 fully saturated rings. The number of anilines is 3. The van der Waals surface area contributed by atoms with E-state index in [0.29, 0.717) is 11.3 Å². The molecular weight excluding hydrogens is 424 g/mol. The Kier molecular flexibility index (Phi) is 7.16. The molecule has 0 bridgehead atoms. The van der Waals surface area contributed by atoms with Gasteiger partial charge in [-0.05, 0) is 73.7 Å². The van der Waals surface area contributed by atoms with E-state index in [-0.39, 0.29) is 18.0 Å². The summed E-state index contributed by atoms with van der Waals surface area (Å²) in [7, 11) is 0. The van der Waals surface area contributed by atoms with Gasteiger partial charge in [0.2, 0.25) is 0 Å². The summed E-state index contributed by atoms with van der Waals surface area (Å²) in [6.07, 6.45) is 1.83. The molecule has 3 aromatic rings. The zero-order valence-corrected chi connectivity index (χ0v) is 20.0. The molecule has 0 aliphatic carbocycles. The molecule has 6 heteroatoms. The number of benzene rings is 3. The number of aryl methyl sites for hydroxylation is 1. The maximum Gasteiger partial charge on any atom is 0.323 e. The zero-order valence-electron chi connectivity index (χ0n) is 20.0. The highest BCUT2D eigenvalue weighted by atomic mass is 16.2. The maximum atomic E-state index is 13.1. The Bertz CT molecular complexity index is 1190. The highest BCUT2D eigenvalue weighted by Gasteiger charge is 2.22. The van der Waals surface area contributed by atoms with Gasteiger partial charge in [-0.25, -0.2) is 4.79 Å². The normalized spacial score (nSPS) is 12.8. The van der Waals surface area contributed by atoms with E-state index < -0.39 is 0 Å². The van der Waals surface area contributed by atoms with Crippen molar-refractivity contribution in [3.05, 3.63) is 89.0 Å². The summed E-state index contributed by atoms with van der Waals surface area (Å²) in [5, 5.41) is 8.74. The number of urea groups is 1. The van der Waals surface area contributed by atoms with Crippen LogP contribution in [0.25, 0.3) is 0 Å². The third-order valence-corrected chi connectivity index (χ3v) is 5.98. The number of rotatable bonds is 6. The van der Waals surface area contributed by atoms with Crippen LogP contribution in [-0.4, -0.2) is 24.5 Å². The highest BCUT2D eigenvalue weighted by Crippen LogP contribution is 2.30. The first kappa shape index (κ1) is 23.4. The lowest BCUT2D eigenvalue weighted by Gasteiger charge is -2.32. The average Bonchev–Trinajstić information content (AvgIpc) is 2.83. The number of carbonyl (C=O) groups excluding carboxylic acids is 2. The first-order valence-electron chi connectivity index (χ1n) is 11.9. The van der Waals surface area contributed by atoms with Crippen LogP contribution in [0.3, 0.4) is 0 Å². The van der Waals surface area contributed by atoms with Crippen LogP contribution < -0.4 is 20.9 Å². The van der Waals surface area contributed by atoms with Crippen LogP contribution >= 0.6 is 0 Å². The average molecular weight is 457 g/mol. The molecule has 6 nitrogen and oxygen atoms in total. The molecule has 0 unspecified atom stereocenters. The van der Waals surface area contributed by atoms with E-state index in [0.717, 1.165) is 42.9 Å². The summed E-state index contributed by atoms with van der Waals surface area (Å²) in [6, 6.07) is 21.4. The van der Waals surface area contributed by atoms with Crippen molar-refractivity contribution in [2.45, 2.75) is 46.2 Å². The molecule has 3 aromatic carbocycles. The minimum Gasteiger partial charge on any atom is -0.366 e. The Morgan fingerprint density at radius 3 is 2.38 bits per heavy atom. The molecule has 1 aliphatic heterocycles. The monoisotopic (exact) mass is 456 g/mol. The molecule has 3 amide bonds. The standard InChI is InChI=1S/C28H32N4O2/c1-4-20-8-7-11-23(16-20)30-28(34)31-24-12-13-26(25(17-24)27(33)29-19(2)3)32-15-14-21-9-5-6-10-22(21)18-32/h5-13,16-17,19H,4,14-15,18H2,1-3H3,(H,29,33)(H2,30,31,34). The number of hydrogen-bond acceptors (Lipinski definition) is 3. The number of fused-ring (bicyclic) bond motifs is 1. The molecule has 0 spiro atoms. The Balaban J connectivity index is 1.56. The van der Waals surface area contributed by atoms with Crippen LogP contribution in [0.5, 0.6) is 0 Å². The Morgan fingerprint density at radius 2 is 1.65 bits per heavy atom. The van der Waals surface area contributed by atoms with Crippen LogP contribution in [-0.2, 0) is 19.4 Å². The third kappa shape index (κ3) is 5.57. The van der Waals surface area contributed by atoms with E-state index in [1.165, 1.54) is 11.1 Å². The second-order valence-electron chi connectivity index (χ2n) is 8.93. The van der Waals surface area contributed by atoms with Crippen LogP contribution in [0.4, 0.5) is 21.9 Å². The Hall–Kier alpha value is -3.80. The summed E-state index contributed by atoms with van der Waals surface area (Å²) in [6.45, 7) is 7.54. The van der Waals surface area contributed by atoms with Crippen molar-refractivity contribution in [3.8, 4) is 0 Å². The van der Waals surface area contributed by atoms with Gasteiger partial charge in [-0.15, -0.1) is 0 Å². The van der Waals surface area contributed by atoms with Crippen molar-refractivity contribution < 1.29 is 9.59 Å². The number of amides is 3. The molecule has 1 aliphatic rings. The molecule has 176 valence electrons. The van der Waals surface area contributed by atoms with Gasteiger partial charge in [0.05, 0.1) is 5.56 Å². The molecule has 0 radical (unpaired) electrons. The van der Waals surface area contributed by atoms with E-state index in [4.69, 9.17) is 0 Å². The van der Waals surface area contributed by atoms with Crippen LogP contribution in [0.1, 0.15) is 47.8 Å². The fourth-order valence-corrected chi connectivity index (χ4v) is 4.28. The first-order chi connectivity index (χ1) is 16.4. The summed E-state index contributed by atoms with van der Waals surface area (Å²) in [5.41, 5.74) is 6.51. The van der Waals surface area contributed by atoms with E-state index in [9.17, 15) is 9.59 Å². The van der Waals surface area contributed by atoms with Crippen LogP contribution in [0.2, 0.25) is 0 Å². The van der Waals surface area contributed by atoms with Crippen molar-refractivity contribution in [2.24, 2.45) is 0 Å². The van der Waals surface area contributed by atoms with Crippen LogP contribution in [0, 0.1) is 0 Å². The molecule has 0 aromatic heterocycles. The maximum absolute atomic E-state index is 13.1. The molecule has 0 atom stereocenters. The number of hydrogen-bond donors (Lipinski definition) is 3. The molecule has 0 saturated heterocycles. The van der Waals surface area contributed by atoms with Crippen LogP contribution in [0.15, 0.2) is 66.7 Å². The summed E-state index contributed by atoms with van der Waals surface area (Å²) >= 11 is 0. The fourth-order valence-electron chi connectivity index (χ4n) is 4.28. The number of nitrogens with zero attached hydrogens (tertiary/aromatic N) is 1. The van der Waals surface area contributed by atoms with E-state index in [1.807, 2.05) is 50.2 Å². The number of carbonyl (C=O) groups is 2. The lowest BCUT2D eigenvalue weighted by molar-refractivity contribution is 0.0943. The topological polar surface area (TPSA) is 73.5 Å². The van der Waals surface area contributed by atoms with Crippen molar-refractivity contribution in [1.29, 1.82) is 0 Å². The Labute approximate surface area is 201 Å². The summed E-state index contributed by atoms with van der Waals surface area (Å²) < 4.78 is 0. The predicted octanol–water partition coefficient (Wildman–Crippen LogP) is 5.59. The van der Waals surface area contributed by atoms with Gasteiger partial charge in [-0.2, -0.15) is 0 Å². The molecule has 0 saturated carbocycles. The largest absolute Gasteiger partial charge is 0.366 e. The van der Waals surface area contributed by atoms with E-state index >= 15 is 0 Å². The summed E-state index contributed by atoms with van der Waals surface area (Å²) in [5.74, 6) is -0.149. The third-order valence-electron chi connectivity index (χ3n) is 5.98. The van der Waals surface area contributed by atoms with Gasteiger partial charge in [-0.3, -0.25) is 4.79 Å². The first-order valence-corrected chi connectivity index (χ1v) is 11.9. The SMILES string of the molecule is CCc1cccc(NC(=O)Nc2ccc(N3CCc4ccccc4C3)c(C(=O)NC(C)C)c2)c1. The van der Waals surface area contributed by atoms with Gasteiger partial charge in [0.1, 0.15) is 0 Å². The van der Waals surface area contributed by atoms with Gasteiger partial charge in [0.15, 0.2) is 0 Å². The van der Waals surface area contributed by atoms with Crippen molar-refractivity contribution in [3.63, 3.8) is 0 Å². The van der Waals surface area contributed by atoms with Crippen molar-refractivity contribution >= 4 is 29.0 Å². The minimum atomic E-state index is -0.344. The second-order valence-corrected chi connectivity index (χ2v) is 8.93. The number of nitrogens with one attached hydrogen (secondary N) is 3. The van der Waals surface area contributed by atoms with Gasteiger partial charge in [0.25, 0.3) is 5.91 Å². The quantitative estimate of drug-likeness (QED) is 0.452. The minimum absolute atomic E-state index is 0.00758. The molecule has 3 N–H and O–H groups in total. The zero-order chi connectivity index (χ0) is 24.1. The fraction of sp³-hybridized carbons (Fsp3) is 0.286. The molecule has 1 heterocycles. The van der Waals surface area contributed by atoms with Gasteiger partial charge >= 0.3 is 6.03 Å². The summed E-state index contributed by atoms with van der Waals surface area (Å²) in [4.78, 5) is 28.0. The highest BCUT2D eigenvalue weighted by molar-refractivity contribution is 6.04. The predicted molar refractivity (Wildman–Crippen MR) is 139 cm³/mol. The van der Waals surface area contributed by atoms with Gasteiger partial charge < -0.3 is 20.9 Å². The Morgan fingerprint density at radius 1 is 0.912 bits per heavy atom. The van der Waals surface area contributed by atoms with Gasteiger partial charge in [-0.1, -0.05) is 43.3 Å². The van der Waals surface area contributed by atoms with E-state index in [1.54, 1.807) is 6.07 Å². The lowest BCUT2D eigenvalue weighted by Crippen LogP contribution is -2.35.